The van der Waals surface area contributed by atoms with Crippen LogP contribution in [0.2, 0.25) is 0 Å². The summed E-state index contributed by atoms with van der Waals surface area (Å²) in [5.74, 6) is 1.69. The fourth-order valence-corrected chi connectivity index (χ4v) is 3.12. The van der Waals surface area contributed by atoms with Gasteiger partial charge in [0.2, 0.25) is 0 Å². The Morgan fingerprint density at radius 1 is 1.03 bits per heavy atom. The molecule has 152 valence electrons. The lowest BCUT2D eigenvalue weighted by Crippen LogP contribution is -2.25. The minimum Gasteiger partial charge on any atom is -0.497 e. The number of ether oxygens (including phenoxy) is 2. The molecule has 0 unspecified atom stereocenters. The van der Waals surface area contributed by atoms with E-state index < -0.39 is 0 Å². The zero-order valence-electron chi connectivity index (χ0n) is 16.7. The van der Waals surface area contributed by atoms with E-state index in [1.807, 2.05) is 48.5 Å². The van der Waals surface area contributed by atoms with Gasteiger partial charge < -0.3 is 19.2 Å². The van der Waals surface area contributed by atoms with Crippen LogP contribution in [0.3, 0.4) is 0 Å². The molecule has 0 fully saturated rings. The summed E-state index contributed by atoms with van der Waals surface area (Å²) in [5, 5.41) is 7.57. The Morgan fingerprint density at radius 3 is 2.57 bits per heavy atom. The van der Waals surface area contributed by atoms with Crippen LogP contribution in [0, 0.1) is 0 Å². The molecule has 2 aromatic carbocycles. The maximum absolute atomic E-state index is 13.0. The average Bonchev–Trinajstić information content (AvgIpc) is 3.48. The molecule has 2 aromatic heterocycles. The molecule has 0 aliphatic carbocycles. The molecule has 0 saturated carbocycles. The second kappa shape index (κ2) is 8.57. The molecule has 7 nitrogen and oxygen atoms in total. The van der Waals surface area contributed by atoms with Gasteiger partial charge in [0, 0.05) is 11.6 Å². The van der Waals surface area contributed by atoms with Crippen molar-refractivity contribution in [1.29, 1.82) is 0 Å². The zero-order valence-corrected chi connectivity index (χ0v) is 16.7. The predicted molar refractivity (Wildman–Crippen MR) is 112 cm³/mol. The molecule has 30 heavy (non-hydrogen) atoms. The molecule has 1 amide bonds. The fraction of sp³-hybridized carbons (Fsp3) is 0.130. The van der Waals surface area contributed by atoms with Crippen molar-refractivity contribution >= 4 is 5.91 Å². The number of aromatic nitrogens is 2. The number of methoxy groups -OCH3 is 2. The third kappa shape index (κ3) is 3.91. The topological polar surface area (TPSA) is 78.5 Å². The lowest BCUT2D eigenvalue weighted by Gasteiger charge is -2.08. The molecular formula is C23H21N3O4. The minimum absolute atomic E-state index is 0.263. The first-order valence-electron chi connectivity index (χ1n) is 9.38. The van der Waals surface area contributed by atoms with Gasteiger partial charge in [0.15, 0.2) is 0 Å². The summed E-state index contributed by atoms with van der Waals surface area (Å²) in [7, 11) is 3.18. The van der Waals surface area contributed by atoms with Crippen LogP contribution in [0.4, 0.5) is 0 Å². The maximum atomic E-state index is 13.0. The van der Waals surface area contributed by atoms with Crippen molar-refractivity contribution in [2.45, 2.75) is 6.54 Å². The smallest absolute Gasteiger partial charge is 0.270 e. The Kier molecular flexibility index (Phi) is 5.52. The molecule has 4 aromatic rings. The van der Waals surface area contributed by atoms with Gasteiger partial charge in [-0.25, -0.2) is 4.68 Å². The first-order chi connectivity index (χ1) is 14.7. The highest BCUT2D eigenvalue weighted by molar-refractivity contribution is 5.94. The van der Waals surface area contributed by atoms with Gasteiger partial charge in [-0.05, 0) is 42.5 Å². The number of carbonyl (C=O) groups excluding carboxylic acids is 1. The maximum Gasteiger partial charge on any atom is 0.270 e. The second-order valence-corrected chi connectivity index (χ2v) is 6.49. The van der Waals surface area contributed by atoms with Crippen LogP contribution in [0.1, 0.15) is 16.2 Å². The fourth-order valence-electron chi connectivity index (χ4n) is 3.12. The monoisotopic (exact) mass is 403 g/mol. The van der Waals surface area contributed by atoms with Gasteiger partial charge in [-0.1, -0.05) is 18.2 Å². The lowest BCUT2D eigenvalue weighted by molar-refractivity contribution is 0.0940. The molecule has 0 radical (unpaired) electrons. The standard InChI is InChI=1S/C23H21N3O4/c1-28-17-10-11-19(22(13-17)29-2)20-14-21(23(27)24-15-18-9-6-12-30-18)26(25-20)16-7-4-3-5-8-16/h3-14H,15H2,1-2H3,(H,24,27). The Labute approximate surface area is 173 Å². The van der Waals surface area contributed by atoms with Crippen molar-refractivity contribution in [2.24, 2.45) is 0 Å². The number of nitrogens with zero attached hydrogens (tertiary/aromatic N) is 2. The molecule has 4 rings (SSSR count). The zero-order chi connectivity index (χ0) is 20.9. The van der Waals surface area contributed by atoms with E-state index in [4.69, 9.17) is 19.0 Å². The Hall–Kier alpha value is -4.00. The molecule has 1 N–H and O–H groups in total. The van der Waals surface area contributed by atoms with Crippen LogP contribution in [0.5, 0.6) is 11.5 Å². The van der Waals surface area contributed by atoms with Crippen LogP contribution in [0.15, 0.2) is 77.4 Å². The van der Waals surface area contributed by atoms with E-state index in [1.54, 1.807) is 43.4 Å². The van der Waals surface area contributed by atoms with E-state index in [-0.39, 0.29) is 12.5 Å². The van der Waals surface area contributed by atoms with Crippen molar-refractivity contribution in [3.05, 3.63) is 84.4 Å². The van der Waals surface area contributed by atoms with Crippen LogP contribution < -0.4 is 14.8 Å². The van der Waals surface area contributed by atoms with E-state index in [0.717, 1.165) is 11.3 Å². The second-order valence-electron chi connectivity index (χ2n) is 6.49. The number of furan rings is 1. The largest absolute Gasteiger partial charge is 0.497 e. The van der Waals surface area contributed by atoms with E-state index in [2.05, 4.69) is 5.32 Å². The Balaban J connectivity index is 1.74. The Bertz CT molecular complexity index is 1130. The number of benzene rings is 2. The van der Waals surface area contributed by atoms with E-state index in [0.29, 0.717) is 28.6 Å². The number of hydrogen-bond acceptors (Lipinski definition) is 5. The highest BCUT2D eigenvalue weighted by Crippen LogP contribution is 2.33. The van der Waals surface area contributed by atoms with Crippen molar-refractivity contribution in [3.8, 4) is 28.4 Å². The van der Waals surface area contributed by atoms with Crippen LogP contribution in [-0.4, -0.2) is 29.9 Å². The van der Waals surface area contributed by atoms with Crippen molar-refractivity contribution < 1.29 is 18.7 Å². The number of nitrogens with one attached hydrogen (secondary N) is 1. The number of rotatable bonds is 7. The number of amides is 1. The molecule has 0 bridgehead atoms. The van der Waals surface area contributed by atoms with E-state index >= 15 is 0 Å². The SMILES string of the molecule is COc1ccc(-c2cc(C(=O)NCc3ccco3)n(-c3ccccc3)n2)c(OC)c1. The van der Waals surface area contributed by atoms with Crippen molar-refractivity contribution in [3.63, 3.8) is 0 Å². The summed E-state index contributed by atoms with van der Waals surface area (Å²) < 4.78 is 17.7. The summed E-state index contributed by atoms with van der Waals surface area (Å²) in [5.41, 5.74) is 2.55. The summed E-state index contributed by atoms with van der Waals surface area (Å²) >= 11 is 0. The van der Waals surface area contributed by atoms with E-state index in [1.165, 1.54) is 0 Å². The average molecular weight is 403 g/mol. The van der Waals surface area contributed by atoms with Crippen molar-refractivity contribution in [2.75, 3.05) is 14.2 Å². The van der Waals surface area contributed by atoms with Gasteiger partial charge in [0.25, 0.3) is 5.91 Å². The van der Waals surface area contributed by atoms with Crippen LogP contribution >= 0.6 is 0 Å². The Morgan fingerprint density at radius 2 is 1.87 bits per heavy atom. The van der Waals surface area contributed by atoms with Gasteiger partial charge >= 0.3 is 0 Å². The van der Waals surface area contributed by atoms with Gasteiger partial charge in [-0.15, -0.1) is 0 Å². The van der Waals surface area contributed by atoms with Gasteiger partial charge in [0.05, 0.1) is 38.4 Å². The quantitative estimate of drug-likeness (QED) is 0.503. The first kappa shape index (κ1) is 19.3. The van der Waals surface area contributed by atoms with Gasteiger partial charge in [0.1, 0.15) is 23.0 Å². The van der Waals surface area contributed by atoms with Crippen LogP contribution in [-0.2, 0) is 6.54 Å². The molecule has 7 heteroatoms. The summed E-state index contributed by atoms with van der Waals surface area (Å²) in [6.45, 7) is 0.285. The molecule has 0 aliphatic heterocycles. The summed E-state index contributed by atoms with van der Waals surface area (Å²) in [4.78, 5) is 13.0. The molecule has 0 aliphatic rings. The highest BCUT2D eigenvalue weighted by atomic mass is 16.5. The number of hydrogen-bond donors (Lipinski definition) is 1. The lowest BCUT2D eigenvalue weighted by atomic mass is 10.1. The third-order valence-corrected chi connectivity index (χ3v) is 4.63. The minimum atomic E-state index is -0.263. The molecular weight excluding hydrogens is 382 g/mol. The van der Waals surface area contributed by atoms with E-state index in [9.17, 15) is 4.79 Å². The van der Waals surface area contributed by atoms with Crippen molar-refractivity contribution in [1.82, 2.24) is 15.1 Å². The molecule has 0 atom stereocenters. The predicted octanol–water partition coefficient (Wildman–Crippen LogP) is 4.08. The molecule has 2 heterocycles. The van der Waals surface area contributed by atoms with Gasteiger partial charge in [-0.2, -0.15) is 5.10 Å². The summed E-state index contributed by atoms with van der Waals surface area (Å²) in [6, 6.07) is 20.3. The van der Waals surface area contributed by atoms with Gasteiger partial charge in [-0.3, -0.25) is 4.79 Å². The first-order valence-corrected chi connectivity index (χ1v) is 9.38. The summed E-state index contributed by atoms with van der Waals surface area (Å²) in [6.07, 6.45) is 1.57. The highest BCUT2D eigenvalue weighted by Gasteiger charge is 2.20. The molecule has 0 saturated heterocycles. The number of carbonyl (C=O) groups is 1. The molecule has 0 spiro atoms. The van der Waals surface area contributed by atoms with Crippen LogP contribution in [0.25, 0.3) is 16.9 Å². The third-order valence-electron chi connectivity index (χ3n) is 4.63. The number of para-hydroxylation sites is 1. The normalized spacial score (nSPS) is 10.6.